The second-order valence-corrected chi connectivity index (χ2v) is 8.36. The van der Waals surface area contributed by atoms with Crippen molar-refractivity contribution in [1.29, 1.82) is 0 Å². The van der Waals surface area contributed by atoms with E-state index in [1.54, 1.807) is 20.8 Å². The lowest BCUT2D eigenvalue weighted by molar-refractivity contribution is 0.0193. The Morgan fingerprint density at radius 2 is 1.72 bits per heavy atom. The van der Waals surface area contributed by atoms with Crippen LogP contribution in [0.5, 0.6) is 0 Å². The number of ether oxygens (including phenoxy) is 1. The zero-order valence-electron chi connectivity index (χ0n) is 10.8. The Kier molecular flexibility index (Phi) is 5.02. The molecule has 0 spiro atoms. The highest BCUT2D eigenvalue weighted by Gasteiger charge is 2.30. The molecule has 0 aliphatic carbocycles. The molecule has 0 bridgehead atoms. The van der Waals surface area contributed by atoms with Crippen LogP contribution in [0.2, 0.25) is 0 Å². The maximum atomic E-state index is 11.8. The maximum Gasteiger partial charge on any atom is 0.410 e. The number of hydrogen-bond acceptors (Lipinski definition) is 4. The molecule has 0 N–H and O–H groups in total. The summed E-state index contributed by atoms with van der Waals surface area (Å²) in [6.45, 7) is 6.76. The average molecular weight is 343 g/mol. The van der Waals surface area contributed by atoms with E-state index >= 15 is 0 Å². The maximum absolute atomic E-state index is 11.8. The van der Waals surface area contributed by atoms with Gasteiger partial charge in [-0.25, -0.2) is 13.2 Å². The van der Waals surface area contributed by atoms with E-state index in [1.807, 2.05) is 0 Å². The van der Waals surface area contributed by atoms with Gasteiger partial charge < -0.3 is 9.64 Å². The zero-order valence-corrected chi connectivity index (χ0v) is 13.3. The van der Waals surface area contributed by atoms with E-state index < -0.39 is 21.7 Å². The topological polar surface area (TPSA) is 66.9 Å². The molecule has 1 aliphatic heterocycles. The van der Waals surface area contributed by atoms with E-state index in [2.05, 4.69) is 15.9 Å². The standard InChI is InChI=1S/C10H19BrN2O4S/c1-10(2,3)17-9(14)12-4-6-13(7-5-12)18(15,16)8-11/h4-8H2,1-3H3. The van der Waals surface area contributed by atoms with Crippen LogP contribution in [0.4, 0.5) is 4.79 Å². The van der Waals surface area contributed by atoms with Crippen molar-refractivity contribution in [2.45, 2.75) is 26.4 Å². The van der Waals surface area contributed by atoms with Crippen LogP contribution in [0.15, 0.2) is 0 Å². The van der Waals surface area contributed by atoms with E-state index in [4.69, 9.17) is 4.74 Å². The van der Waals surface area contributed by atoms with Crippen molar-refractivity contribution in [3.63, 3.8) is 0 Å². The van der Waals surface area contributed by atoms with E-state index in [0.717, 1.165) is 0 Å². The number of carbonyl (C=O) groups excluding carboxylic acids is 1. The third-order valence-electron chi connectivity index (χ3n) is 2.42. The molecule has 6 nitrogen and oxygen atoms in total. The van der Waals surface area contributed by atoms with Gasteiger partial charge in [0.05, 0.1) is 0 Å². The number of hydrogen-bond donors (Lipinski definition) is 0. The van der Waals surface area contributed by atoms with Gasteiger partial charge in [-0.1, -0.05) is 15.9 Å². The first-order chi connectivity index (χ1) is 8.15. The summed E-state index contributed by atoms with van der Waals surface area (Å²) in [5.74, 6) is 0. The Hall–Kier alpha value is -0.340. The molecular formula is C10H19BrN2O4S. The molecule has 0 saturated carbocycles. The number of alkyl halides is 1. The van der Waals surface area contributed by atoms with Crippen LogP contribution in [-0.2, 0) is 14.8 Å². The van der Waals surface area contributed by atoms with Crippen molar-refractivity contribution in [1.82, 2.24) is 9.21 Å². The Bertz CT molecular complexity index is 397. The molecule has 0 aromatic rings. The molecule has 1 amide bonds. The summed E-state index contributed by atoms with van der Waals surface area (Å²) >= 11 is 2.96. The van der Waals surface area contributed by atoms with Gasteiger partial charge in [0.25, 0.3) is 0 Å². The molecule has 1 aliphatic rings. The number of piperazine rings is 1. The summed E-state index contributed by atoms with van der Waals surface area (Å²) in [5, 5.41) is 0. The van der Waals surface area contributed by atoms with Gasteiger partial charge in [-0.05, 0) is 20.8 Å². The van der Waals surface area contributed by atoms with Crippen molar-refractivity contribution >= 4 is 32.0 Å². The van der Waals surface area contributed by atoms with Crippen LogP contribution < -0.4 is 0 Å². The van der Waals surface area contributed by atoms with E-state index in [9.17, 15) is 13.2 Å². The number of amides is 1. The summed E-state index contributed by atoms with van der Waals surface area (Å²) in [7, 11) is -3.23. The smallest absolute Gasteiger partial charge is 0.410 e. The predicted molar refractivity (Wildman–Crippen MR) is 72.1 cm³/mol. The molecule has 8 heteroatoms. The quantitative estimate of drug-likeness (QED) is 0.707. The monoisotopic (exact) mass is 342 g/mol. The molecule has 0 atom stereocenters. The van der Waals surface area contributed by atoms with Crippen molar-refractivity contribution in [2.75, 3.05) is 30.8 Å². The minimum absolute atomic E-state index is 0.0908. The van der Waals surface area contributed by atoms with Crippen LogP contribution in [0.25, 0.3) is 0 Å². The van der Waals surface area contributed by atoms with Crippen LogP contribution in [0, 0.1) is 0 Å². The summed E-state index contributed by atoms with van der Waals surface area (Å²) < 4.78 is 29.7. The number of halogens is 1. The zero-order chi connectivity index (χ0) is 14.0. The first-order valence-corrected chi connectivity index (χ1v) is 8.40. The fourth-order valence-electron chi connectivity index (χ4n) is 1.54. The minimum atomic E-state index is -3.23. The van der Waals surface area contributed by atoms with Gasteiger partial charge in [0, 0.05) is 26.2 Å². The summed E-state index contributed by atoms with van der Waals surface area (Å²) in [5.41, 5.74) is -0.532. The van der Waals surface area contributed by atoms with Gasteiger partial charge in [-0.3, -0.25) is 0 Å². The second-order valence-electron chi connectivity index (χ2n) is 5.09. The van der Waals surface area contributed by atoms with Gasteiger partial charge in [0.1, 0.15) is 10.3 Å². The highest BCUT2D eigenvalue weighted by atomic mass is 79.9. The van der Waals surface area contributed by atoms with E-state index in [0.29, 0.717) is 26.2 Å². The number of carbonyl (C=O) groups is 1. The van der Waals surface area contributed by atoms with Crippen molar-refractivity contribution in [2.24, 2.45) is 0 Å². The molecule has 1 rings (SSSR count). The number of sulfonamides is 1. The molecular weight excluding hydrogens is 324 g/mol. The Morgan fingerprint density at radius 3 is 2.11 bits per heavy atom. The summed E-state index contributed by atoms with van der Waals surface area (Å²) in [6.07, 6.45) is -0.390. The highest BCUT2D eigenvalue weighted by molar-refractivity contribution is 9.10. The molecule has 1 saturated heterocycles. The first kappa shape index (κ1) is 15.7. The molecule has 0 aromatic heterocycles. The van der Waals surface area contributed by atoms with Gasteiger partial charge in [-0.2, -0.15) is 4.31 Å². The van der Waals surface area contributed by atoms with Crippen LogP contribution >= 0.6 is 15.9 Å². The third kappa shape index (κ3) is 4.40. The number of rotatable bonds is 2. The fraction of sp³-hybridized carbons (Fsp3) is 0.900. The lowest BCUT2D eigenvalue weighted by Crippen LogP contribution is -2.51. The van der Waals surface area contributed by atoms with Crippen LogP contribution in [-0.4, -0.2) is 60.2 Å². The van der Waals surface area contributed by atoms with E-state index in [1.165, 1.54) is 9.21 Å². The van der Waals surface area contributed by atoms with Gasteiger partial charge in [-0.15, -0.1) is 0 Å². The summed E-state index contributed by atoms with van der Waals surface area (Å²) in [6, 6.07) is 0. The molecule has 18 heavy (non-hydrogen) atoms. The van der Waals surface area contributed by atoms with Crippen molar-refractivity contribution in [3.8, 4) is 0 Å². The first-order valence-electron chi connectivity index (χ1n) is 5.67. The SMILES string of the molecule is CC(C)(C)OC(=O)N1CCN(S(=O)(=O)CBr)CC1. The molecule has 0 radical (unpaired) electrons. The van der Waals surface area contributed by atoms with Crippen LogP contribution in [0.3, 0.4) is 0 Å². The minimum Gasteiger partial charge on any atom is -0.444 e. The Labute approximate surface area is 116 Å². The average Bonchev–Trinajstić information content (AvgIpc) is 2.27. The Morgan fingerprint density at radius 1 is 1.22 bits per heavy atom. The molecule has 0 aromatic carbocycles. The molecule has 1 heterocycles. The molecule has 1 fully saturated rings. The van der Waals surface area contributed by atoms with Gasteiger partial charge >= 0.3 is 6.09 Å². The Balaban J connectivity index is 2.52. The molecule has 0 unspecified atom stereocenters. The summed E-state index contributed by atoms with van der Waals surface area (Å²) in [4.78, 5) is 13.3. The largest absolute Gasteiger partial charge is 0.444 e. The van der Waals surface area contributed by atoms with Crippen molar-refractivity contribution in [3.05, 3.63) is 0 Å². The van der Waals surface area contributed by atoms with Crippen LogP contribution in [0.1, 0.15) is 20.8 Å². The van der Waals surface area contributed by atoms with Crippen molar-refractivity contribution < 1.29 is 17.9 Å². The van der Waals surface area contributed by atoms with Gasteiger partial charge in [0.15, 0.2) is 0 Å². The second kappa shape index (κ2) is 5.75. The lowest BCUT2D eigenvalue weighted by Gasteiger charge is -2.34. The van der Waals surface area contributed by atoms with Gasteiger partial charge in [0.2, 0.25) is 10.0 Å². The van der Waals surface area contributed by atoms with E-state index in [-0.39, 0.29) is 4.66 Å². The normalized spacial score (nSPS) is 18.8. The highest BCUT2D eigenvalue weighted by Crippen LogP contribution is 2.14. The lowest BCUT2D eigenvalue weighted by atomic mass is 10.2. The fourth-order valence-corrected chi connectivity index (χ4v) is 3.27. The third-order valence-corrected chi connectivity index (χ3v) is 5.59. The number of nitrogens with zero attached hydrogens (tertiary/aromatic N) is 2. The predicted octanol–water partition coefficient (Wildman–Crippen LogP) is 1.22. The molecule has 106 valence electrons.